The van der Waals surface area contributed by atoms with Gasteiger partial charge in [0.2, 0.25) is 0 Å². The van der Waals surface area contributed by atoms with Crippen molar-refractivity contribution in [1.82, 2.24) is 20.1 Å². The van der Waals surface area contributed by atoms with Gasteiger partial charge in [0.05, 0.1) is 34.7 Å². The predicted molar refractivity (Wildman–Crippen MR) is 128 cm³/mol. The van der Waals surface area contributed by atoms with E-state index < -0.39 is 0 Å². The van der Waals surface area contributed by atoms with Crippen LogP contribution in [0.2, 0.25) is 0 Å². The van der Waals surface area contributed by atoms with Crippen molar-refractivity contribution in [2.24, 2.45) is 0 Å². The number of anilines is 1. The summed E-state index contributed by atoms with van der Waals surface area (Å²) in [5.41, 5.74) is 9.98. The second-order valence-electron chi connectivity index (χ2n) is 8.88. The molecule has 7 nitrogen and oxygen atoms in total. The molecule has 0 aliphatic carbocycles. The van der Waals surface area contributed by atoms with Crippen LogP contribution in [0.3, 0.4) is 0 Å². The predicted octanol–water partition coefficient (Wildman–Crippen LogP) is 4.26. The van der Waals surface area contributed by atoms with Crippen molar-refractivity contribution in [3.8, 4) is 34.2 Å². The standard InChI is InChI=1S/C26H24N6O/c1-15-7-16(8-18-14-32(2)5-3-19(15)18)25-21-10-20(17(11-27)9-23(21)30-31-25)22-12-28-13-24-26(22)33-6-4-29-24/h7-10,12-13,29H,3-6,14H2,1-2H3,(H,30,31). The molecule has 0 saturated heterocycles. The van der Waals surface area contributed by atoms with E-state index in [9.17, 15) is 5.26 Å². The van der Waals surface area contributed by atoms with Gasteiger partial charge in [-0.05, 0) is 61.3 Å². The number of pyridine rings is 1. The van der Waals surface area contributed by atoms with Crippen LogP contribution in [0.4, 0.5) is 5.69 Å². The van der Waals surface area contributed by atoms with Crippen molar-refractivity contribution in [2.75, 3.05) is 32.1 Å². The van der Waals surface area contributed by atoms with Crippen LogP contribution < -0.4 is 10.1 Å². The highest BCUT2D eigenvalue weighted by atomic mass is 16.5. The van der Waals surface area contributed by atoms with Gasteiger partial charge in [-0.25, -0.2) is 0 Å². The van der Waals surface area contributed by atoms with Gasteiger partial charge in [0.25, 0.3) is 0 Å². The fourth-order valence-electron chi connectivity index (χ4n) is 5.06. The van der Waals surface area contributed by atoms with Gasteiger partial charge in [0.15, 0.2) is 5.75 Å². The number of nitrogens with zero attached hydrogens (tertiary/aromatic N) is 4. The summed E-state index contributed by atoms with van der Waals surface area (Å²) in [5.74, 6) is 0.741. The molecule has 6 rings (SSSR count). The van der Waals surface area contributed by atoms with Crippen molar-refractivity contribution in [3.63, 3.8) is 0 Å². The second kappa shape index (κ2) is 7.61. The van der Waals surface area contributed by atoms with E-state index in [1.807, 2.05) is 12.1 Å². The molecule has 4 heterocycles. The molecule has 0 bridgehead atoms. The molecule has 0 spiro atoms. The summed E-state index contributed by atoms with van der Waals surface area (Å²) in [7, 11) is 2.16. The van der Waals surface area contributed by atoms with Crippen LogP contribution in [0.25, 0.3) is 33.3 Å². The lowest BCUT2D eigenvalue weighted by atomic mass is 9.91. The van der Waals surface area contributed by atoms with Gasteiger partial charge in [-0.15, -0.1) is 0 Å². The van der Waals surface area contributed by atoms with Crippen LogP contribution in [0.15, 0.2) is 36.7 Å². The Bertz CT molecular complexity index is 1450. The Morgan fingerprint density at radius 3 is 2.94 bits per heavy atom. The molecule has 2 aromatic heterocycles. The van der Waals surface area contributed by atoms with Crippen LogP contribution in [0.5, 0.6) is 5.75 Å². The first kappa shape index (κ1) is 19.8. The Hall–Kier alpha value is -3.89. The summed E-state index contributed by atoms with van der Waals surface area (Å²) in [6.07, 6.45) is 4.61. The van der Waals surface area contributed by atoms with E-state index in [0.29, 0.717) is 12.2 Å². The molecule has 33 heavy (non-hydrogen) atoms. The molecule has 0 amide bonds. The van der Waals surface area contributed by atoms with E-state index in [4.69, 9.17) is 4.74 Å². The Balaban J connectivity index is 1.54. The third-order valence-corrected chi connectivity index (χ3v) is 6.69. The first-order chi connectivity index (χ1) is 16.1. The van der Waals surface area contributed by atoms with E-state index in [2.05, 4.69) is 57.6 Å². The van der Waals surface area contributed by atoms with Crippen LogP contribution in [0, 0.1) is 18.3 Å². The van der Waals surface area contributed by atoms with E-state index in [0.717, 1.165) is 70.8 Å². The van der Waals surface area contributed by atoms with E-state index in [-0.39, 0.29) is 0 Å². The van der Waals surface area contributed by atoms with E-state index >= 15 is 0 Å². The van der Waals surface area contributed by atoms with Crippen molar-refractivity contribution in [1.29, 1.82) is 5.26 Å². The largest absolute Gasteiger partial charge is 0.489 e. The molecular formula is C26H24N6O. The summed E-state index contributed by atoms with van der Waals surface area (Å²) < 4.78 is 5.96. The van der Waals surface area contributed by atoms with Gasteiger partial charge < -0.3 is 15.0 Å². The number of H-pyrrole nitrogens is 1. The molecule has 2 aliphatic heterocycles. The summed E-state index contributed by atoms with van der Waals surface area (Å²) in [6.45, 7) is 5.54. The summed E-state index contributed by atoms with van der Waals surface area (Å²) in [5, 5.41) is 22.0. The fraction of sp³-hybridized carbons (Fsp3) is 0.269. The summed E-state index contributed by atoms with van der Waals surface area (Å²) in [6, 6.07) is 10.8. The number of aryl methyl sites for hydroxylation is 1. The Morgan fingerprint density at radius 1 is 1.15 bits per heavy atom. The van der Waals surface area contributed by atoms with Crippen LogP contribution >= 0.6 is 0 Å². The normalized spacial score (nSPS) is 15.3. The molecule has 0 saturated carbocycles. The van der Waals surface area contributed by atoms with Gasteiger partial charge >= 0.3 is 0 Å². The maximum Gasteiger partial charge on any atom is 0.153 e. The zero-order chi connectivity index (χ0) is 22.5. The molecule has 7 heteroatoms. The first-order valence-corrected chi connectivity index (χ1v) is 11.2. The lowest BCUT2D eigenvalue weighted by molar-refractivity contribution is 0.312. The number of nitrogens with one attached hydrogen (secondary N) is 2. The first-order valence-electron chi connectivity index (χ1n) is 11.2. The van der Waals surface area contributed by atoms with Gasteiger partial charge in [0, 0.05) is 47.9 Å². The van der Waals surface area contributed by atoms with Crippen molar-refractivity contribution in [2.45, 2.75) is 19.9 Å². The fourth-order valence-corrected chi connectivity index (χ4v) is 5.06. The molecule has 0 radical (unpaired) electrons. The van der Waals surface area contributed by atoms with Crippen molar-refractivity contribution >= 4 is 16.6 Å². The third kappa shape index (κ3) is 3.22. The number of benzene rings is 2. The van der Waals surface area contributed by atoms with Gasteiger partial charge in [-0.3, -0.25) is 10.1 Å². The smallest absolute Gasteiger partial charge is 0.153 e. The minimum Gasteiger partial charge on any atom is -0.489 e. The molecule has 2 N–H and O–H groups in total. The zero-order valence-electron chi connectivity index (χ0n) is 18.7. The third-order valence-electron chi connectivity index (χ3n) is 6.69. The second-order valence-corrected chi connectivity index (χ2v) is 8.88. The minimum atomic E-state index is 0.560. The number of aromatic nitrogens is 3. The minimum absolute atomic E-state index is 0.560. The molecule has 0 fully saturated rings. The highest BCUT2D eigenvalue weighted by Gasteiger charge is 2.22. The molecule has 0 atom stereocenters. The Kier molecular flexibility index (Phi) is 4.56. The highest BCUT2D eigenvalue weighted by molar-refractivity contribution is 5.98. The van der Waals surface area contributed by atoms with Crippen molar-refractivity contribution in [3.05, 3.63) is 58.9 Å². The summed E-state index contributed by atoms with van der Waals surface area (Å²) >= 11 is 0. The number of aromatic amines is 1. The maximum atomic E-state index is 9.89. The van der Waals surface area contributed by atoms with Gasteiger partial charge in [0.1, 0.15) is 6.61 Å². The molecule has 164 valence electrons. The number of likely N-dealkylation sites (N-methyl/N-ethyl adjacent to an activating group) is 1. The lowest BCUT2D eigenvalue weighted by Gasteiger charge is -2.26. The average Bonchev–Trinajstić information content (AvgIpc) is 3.25. The van der Waals surface area contributed by atoms with Crippen LogP contribution in [-0.2, 0) is 13.0 Å². The number of hydrogen-bond acceptors (Lipinski definition) is 6. The highest BCUT2D eigenvalue weighted by Crippen LogP contribution is 2.41. The molecule has 2 aliphatic rings. The number of hydrogen-bond donors (Lipinski definition) is 2. The van der Waals surface area contributed by atoms with E-state index in [1.54, 1.807) is 12.4 Å². The van der Waals surface area contributed by atoms with Gasteiger partial charge in [-0.1, -0.05) is 0 Å². The number of fused-ring (bicyclic) bond motifs is 3. The topological polar surface area (TPSA) is 89.9 Å². The quantitative estimate of drug-likeness (QED) is 0.488. The maximum absolute atomic E-state index is 9.89. The van der Waals surface area contributed by atoms with Crippen molar-refractivity contribution < 1.29 is 4.74 Å². The summed E-state index contributed by atoms with van der Waals surface area (Å²) in [4.78, 5) is 6.74. The number of nitriles is 1. The SMILES string of the molecule is Cc1cc(-c2n[nH]c3cc(C#N)c(-c4cncc5c4OCCN5)cc23)cc2c1CCN(C)C2. The average molecular weight is 437 g/mol. The van der Waals surface area contributed by atoms with Gasteiger partial charge in [-0.2, -0.15) is 10.4 Å². The zero-order valence-corrected chi connectivity index (χ0v) is 18.7. The molecule has 0 unspecified atom stereocenters. The number of ether oxygens (including phenoxy) is 1. The lowest BCUT2D eigenvalue weighted by Crippen LogP contribution is -2.27. The molecule has 2 aromatic carbocycles. The van der Waals surface area contributed by atoms with Crippen LogP contribution in [-0.4, -0.2) is 46.8 Å². The Labute approximate surface area is 192 Å². The van der Waals surface area contributed by atoms with E-state index in [1.165, 1.54) is 16.7 Å². The monoisotopic (exact) mass is 436 g/mol. The molecular weight excluding hydrogens is 412 g/mol. The number of rotatable bonds is 2. The van der Waals surface area contributed by atoms with Crippen LogP contribution in [0.1, 0.15) is 22.3 Å². The Morgan fingerprint density at radius 2 is 2.06 bits per heavy atom. The molecule has 4 aromatic rings.